The Kier molecular flexibility index (Phi) is 8.61. The standard InChI is InChI=1S/C27H34FN3O5S/c1-19(20-12-13-24(28)25(17-20)36-18-21-9-8-14-30(21)2)29-37(34,35)16-7-3-6-15-31-26(32)22-10-4-5-11-23(22)27(31)33/h4-5,10-13,17,19,21,29H,3,6-9,14-16,18H2,1-2H3/t19-,21+/m1/s1. The largest absolute Gasteiger partial charge is 0.489 e. The van der Waals surface area contributed by atoms with Crippen molar-refractivity contribution in [1.82, 2.24) is 14.5 Å². The summed E-state index contributed by atoms with van der Waals surface area (Å²) in [6, 6.07) is 10.8. The highest BCUT2D eigenvalue weighted by atomic mass is 32.2. The van der Waals surface area contributed by atoms with Gasteiger partial charge in [-0.3, -0.25) is 14.5 Å². The third-order valence-corrected chi connectivity index (χ3v) is 8.63. The number of sulfonamides is 1. The summed E-state index contributed by atoms with van der Waals surface area (Å²) in [5, 5.41) is 0. The van der Waals surface area contributed by atoms with E-state index in [9.17, 15) is 22.4 Å². The van der Waals surface area contributed by atoms with E-state index in [-0.39, 0.29) is 35.9 Å². The number of nitrogens with zero attached hydrogens (tertiary/aromatic N) is 2. The van der Waals surface area contributed by atoms with E-state index < -0.39 is 21.9 Å². The normalized spacial score (nSPS) is 18.9. The fourth-order valence-electron chi connectivity index (χ4n) is 4.85. The van der Waals surface area contributed by atoms with Gasteiger partial charge in [0.05, 0.1) is 16.9 Å². The van der Waals surface area contributed by atoms with Crippen LogP contribution >= 0.6 is 0 Å². The zero-order valence-electron chi connectivity index (χ0n) is 21.3. The van der Waals surface area contributed by atoms with Gasteiger partial charge < -0.3 is 9.64 Å². The van der Waals surface area contributed by atoms with Gasteiger partial charge in [0.1, 0.15) is 6.61 Å². The van der Waals surface area contributed by atoms with Crippen LogP contribution in [0.1, 0.15) is 71.3 Å². The van der Waals surface area contributed by atoms with Crippen molar-refractivity contribution in [1.29, 1.82) is 0 Å². The Balaban J connectivity index is 1.22. The average Bonchev–Trinajstić information content (AvgIpc) is 3.38. The molecule has 2 aliphatic heterocycles. The van der Waals surface area contributed by atoms with E-state index in [1.807, 2.05) is 7.05 Å². The number of hydrogen-bond acceptors (Lipinski definition) is 6. The number of carbonyl (C=O) groups is 2. The Labute approximate surface area is 217 Å². The van der Waals surface area contributed by atoms with E-state index in [2.05, 4.69) is 9.62 Å². The minimum absolute atomic E-state index is 0.0853. The number of amides is 2. The highest BCUT2D eigenvalue weighted by Gasteiger charge is 2.34. The SMILES string of the molecule is C[C@@H](NS(=O)(=O)CCCCCN1C(=O)c2ccccc2C1=O)c1ccc(F)c(OC[C@@H]2CCCN2C)c1. The fourth-order valence-corrected chi connectivity index (χ4v) is 6.23. The molecule has 2 heterocycles. The number of imide groups is 1. The van der Waals surface area contributed by atoms with Crippen LogP contribution in [-0.4, -0.2) is 68.6 Å². The van der Waals surface area contributed by atoms with E-state index in [0.717, 1.165) is 19.4 Å². The molecule has 8 nitrogen and oxygen atoms in total. The molecule has 10 heteroatoms. The summed E-state index contributed by atoms with van der Waals surface area (Å²) in [7, 11) is -1.57. The second-order valence-electron chi connectivity index (χ2n) is 9.80. The molecule has 0 aliphatic carbocycles. The number of rotatable bonds is 12. The molecule has 0 bridgehead atoms. The number of halogens is 1. The maximum absolute atomic E-state index is 14.3. The summed E-state index contributed by atoms with van der Waals surface area (Å²) in [5.74, 6) is -1.05. The number of hydrogen-bond donors (Lipinski definition) is 1. The van der Waals surface area contributed by atoms with Crippen LogP contribution < -0.4 is 9.46 Å². The Hall–Kier alpha value is -2.82. The smallest absolute Gasteiger partial charge is 0.261 e. The van der Waals surface area contributed by atoms with Gasteiger partial charge in [-0.2, -0.15) is 0 Å². The lowest BCUT2D eigenvalue weighted by molar-refractivity contribution is 0.0651. The summed E-state index contributed by atoms with van der Waals surface area (Å²) in [5.41, 5.74) is 1.44. The Bertz CT molecular complexity index is 1220. The van der Waals surface area contributed by atoms with E-state index in [0.29, 0.717) is 42.6 Å². The molecule has 2 amide bonds. The van der Waals surface area contributed by atoms with E-state index in [1.165, 1.54) is 11.0 Å². The first-order valence-corrected chi connectivity index (χ1v) is 14.4. The predicted octanol–water partition coefficient (Wildman–Crippen LogP) is 3.75. The van der Waals surface area contributed by atoms with Gasteiger partial charge in [-0.05, 0) is 76.0 Å². The zero-order valence-corrected chi connectivity index (χ0v) is 22.1. The molecule has 2 atom stereocenters. The Morgan fingerprint density at radius 1 is 1.08 bits per heavy atom. The van der Waals surface area contributed by atoms with Crippen molar-refractivity contribution >= 4 is 21.8 Å². The van der Waals surface area contributed by atoms with Crippen LogP contribution in [0.3, 0.4) is 0 Å². The quantitative estimate of drug-likeness (QED) is 0.331. The van der Waals surface area contributed by atoms with Gasteiger partial charge in [-0.1, -0.05) is 24.6 Å². The first-order valence-electron chi connectivity index (χ1n) is 12.7. The van der Waals surface area contributed by atoms with Crippen molar-refractivity contribution in [3.05, 3.63) is 65.0 Å². The molecular formula is C27H34FN3O5S. The van der Waals surface area contributed by atoms with Gasteiger partial charge in [-0.15, -0.1) is 0 Å². The first kappa shape index (κ1) is 27.2. The lowest BCUT2D eigenvalue weighted by Crippen LogP contribution is -2.31. The van der Waals surface area contributed by atoms with Crippen molar-refractivity contribution in [3.8, 4) is 5.75 Å². The maximum Gasteiger partial charge on any atom is 0.261 e. The Morgan fingerprint density at radius 2 is 1.78 bits per heavy atom. The third kappa shape index (κ3) is 6.55. The number of nitrogens with one attached hydrogen (secondary N) is 1. The van der Waals surface area contributed by atoms with Gasteiger partial charge in [0.15, 0.2) is 11.6 Å². The van der Waals surface area contributed by atoms with Crippen LogP contribution in [0.2, 0.25) is 0 Å². The van der Waals surface area contributed by atoms with Gasteiger partial charge in [0.2, 0.25) is 10.0 Å². The first-order chi connectivity index (χ1) is 17.7. The molecule has 200 valence electrons. The number of unbranched alkanes of at least 4 members (excludes halogenated alkanes) is 2. The van der Waals surface area contributed by atoms with Gasteiger partial charge >= 0.3 is 0 Å². The molecule has 0 spiro atoms. The molecule has 4 rings (SSSR count). The second-order valence-corrected chi connectivity index (χ2v) is 11.7. The van der Waals surface area contributed by atoms with Crippen LogP contribution in [-0.2, 0) is 10.0 Å². The molecule has 0 saturated carbocycles. The molecule has 2 aromatic rings. The predicted molar refractivity (Wildman–Crippen MR) is 139 cm³/mol. The van der Waals surface area contributed by atoms with Gasteiger partial charge in [0.25, 0.3) is 11.8 Å². The number of likely N-dealkylation sites (tertiary alicyclic amines) is 1. The van der Waals surface area contributed by atoms with E-state index in [1.54, 1.807) is 43.3 Å². The minimum atomic E-state index is -3.59. The number of ether oxygens (including phenoxy) is 1. The summed E-state index contributed by atoms with van der Waals surface area (Å²) >= 11 is 0. The van der Waals surface area contributed by atoms with Crippen molar-refractivity contribution in [2.75, 3.05) is 32.5 Å². The minimum Gasteiger partial charge on any atom is -0.489 e. The molecule has 0 aromatic heterocycles. The molecule has 2 aromatic carbocycles. The highest BCUT2D eigenvalue weighted by molar-refractivity contribution is 7.89. The number of likely N-dealkylation sites (N-methyl/N-ethyl adjacent to an activating group) is 1. The molecule has 0 radical (unpaired) electrons. The lowest BCUT2D eigenvalue weighted by atomic mass is 10.1. The summed E-state index contributed by atoms with van der Waals surface area (Å²) in [6.07, 6.45) is 3.55. The number of fused-ring (bicyclic) bond motifs is 1. The average molecular weight is 532 g/mol. The van der Waals surface area contributed by atoms with E-state index >= 15 is 0 Å². The molecule has 1 N–H and O–H groups in total. The number of benzene rings is 2. The highest BCUT2D eigenvalue weighted by Crippen LogP contribution is 2.26. The molecule has 2 aliphatic rings. The molecule has 1 fully saturated rings. The van der Waals surface area contributed by atoms with Crippen LogP contribution in [0, 0.1) is 5.82 Å². The topological polar surface area (TPSA) is 96.0 Å². The van der Waals surface area contributed by atoms with Crippen LogP contribution in [0.25, 0.3) is 0 Å². The fraction of sp³-hybridized carbons (Fsp3) is 0.481. The van der Waals surface area contributed by atoms with Gasteiger partial charge in [-0.25, -0.2) is 17.5 Å². The maximum atomic E-state index is 14.3. The van der Waals surface area contributed by atoms with E-state index in [4.69, 9.17) is 4.74 Å². The molecule has 0 unspecified atom stereocenters. The van der Waals surface area contributed by atoms with Gasteiger partial charge in [0, 0.05) is 18.6 Å². The monoisotopic (exact) mass is 531 g/mol. The van der Waals surface area contributed by atoms with Crippen molar-refractivity contribution in [2.45, 2.75) is 51.1 Å². The van der Waals surface area contributed by atoms with Crippen molar-refractivity contribution in [2.24, 2.45) is 0 Å². The summed E-state index contributed by atoms with van der Waals surface area (Å²) < 4.78 is 47.9. The van der Waals surface area contributed by atoms with Crippen molar-refractivity contribution in [3.63, 3.8) is 0 Å². The number of carbonyl (C=O) groups excluding carboxylic acids is 2. The lowest BCUT2D eigenvalue weighted by Gasteiger charge is -2.21. The van der Waals surface area contributed by atoms with Crippen LogP contribution in [0.4, 0.5) is 4.39 Å². The summed E-state index contributed by atoms with van der Waals surface area (Å²) in [6.45, 7) is 3.35. The molecule has 1 saturated heterocycles. The van der Waals surface area contributed by atoms with Crippen molar-refractivity contribution < 1.29 is 27.1 Å². The third-order valence-electron chi connectivity index (χ3n) is 7.09. The van der Waals surface area contributed by atoms with Crippen LogP contribution in [0.15, 0.2) is 42.5 Å². The Morgan fingerprint density at radius 3 is 2.43 bits per heavy atom. The summed E-state index contributed by atoms with van der Waals surface area (Å²) in [4.78, 5) is 28.2. The second kappa shape index (κ2) is 11.7. The van der Waals surface area contributed by atoms with Crippen LogP contribution in [0.5, 0.6) is 5.75 Å². The molecular weight excluding hydrogens is 497 g/mol. The molecule has 37 heavy (non-hydrogen) atoms. The zero-order chi connectivity index (χ0) is 26.6.